The molecule has 112 valence electrons. The van der Waals surface area contributed by atoms with Gasteiger partial charge in [-0.3, -0.25) is 4.99 Å². The molecule has 5 nitrogen and oxygen atoms in total. The molecule has 21 heavy (non-hydrogen) atoms. The summed E-state index contributed by atoms with van der Waals surface area (Å²) < 4.78 is 0. The summed E-state index contributed by atoms with van der Waals surface area (Å²) in [6, 6.07) is 8.99. The second kappa shape index (κ2) is 7.28. The van der Waals surface area contributed by atoms with Crippen molar-refractivity contribution in [2.75, 3.05) is 6.61 Å². The van der Waals surface area contributed by atoms with Crippen molar-refractivity contribution in [3.8, 4) is 0 Å². The highest BCUT2D eigenvalue weighted by molar-refractivity contribution is 5.78. The van der Waals surface area contributed by atoms with Crippen LogP contribution in [-0.2, 0) is 0 Å². The highest BCUT2D eigenvalue weighted by atomic mass is 16.4. The average molecular weight is 289 g/mol. The van der Waals surface area contributed by atoms with E-state index in [-0.39, 0.29) is 12.2 Å². The molecule has 1 aromatic carbocycles. The van der Waals surface area contributed by atoms with E-state index >= 15 is 0 Å². The molecule has 1 aromatic rings. The maximum Gasteiger partial charge on any atom is 0.112 e. The maximum absolute atomic E-state index is 9.86. The summed E-state index contributed by atoms with van der Waals surface area (Å²) in [6.45, 7) is -0.378. The summed E-state index contributed by atoms with van der Waals surface area (Å²) in [6.07, 6.45) is 2.79. The van der Waals surface area contributed by atoms with Crippen LogP contribution in [0.1, 0.15) is 5.56 Å². The highest BCUT2D eigenvalue weighted by Crippen LogP contribution is 2.21. The second-order valence-corrected chi connectivity index (χ2v) is 4.88. The second-order valence-electron chi connectivity index (χ2n) is 4.88. The van der Waals surface area contributed by atoms with Crippen molar-refractivity contribution in [1.82, 2.24) is 0 Å². The van der Waals surface area contributed by atoms with Crippen LogP contribution in [0.3, 0.4) is 0 Å². The average Bonchev–Trinajstić information content (AvgIpc) is 2.52. The summed E-state index contributed by atoms with van der Waals surface area (Å²) in [4.78, 5) is 4.14. The maximum atomic E-state index is 9.86. The lowest BCUT2D eigenvalue weighted by Gasteiger charge is -2.32. The van der Waals surface area contributed by atoms with Crippen molar-refractivity contribution in [2.24, 2.45) is 4.99 Å². The molecule has 2 rings (SSSR count). The largest absolute Gasteiger partial charge is 0.392 e. The van der Waals surface area contributed by atoms with E-state index in [9.17, 15) is 15.3 Å². The van der Waals surface area contributed by atoms with Gasteiger partial charge in [0.05, 0.1) is 12.6 Å². The number of hydrogen-bond donors (Lipinski definition) is 4. The standard InChI is InChI=1S/C16H19NO4/c18-10-12-9-13(15(20)16(21)14(12)19)17-8-4-7-11-5-2-1-3-6-11/h1-9,13-16,18-21H,10H2/t13-,14+,15-,16?/m0/s1. The van der Waals surface area contributed by atoms with Crippen molar-refractivity contribution in [1.29, 1.82) is 0 Å². The summed E-state index contributed by atoms with van der Waals surface area (Å²) in [7, 11) is 0. The Bertz CT molecular complexity index is 538. The van der Waals surface area contributed by atoms with Crippen LogP contribution in [-0.4, -0.2) is 57.6 Å². The van der Waals surface area contributed by atoms with Crippen LogP contribution < -0.4 is 0 Å². The van der Waals surface area contributed by atoms with Gasteiger partial charge < -0.3 is 20.4 Å². The fourth-order valence-corrected chi connectivity index (χ4v) is 2.17. The molecule has 1 aliphatic rings. The zero-order valence-corrected chi connectivity index (χ0v) is 11.4. The Labute approximate surface area is 123 Å². The highest BCUT2D eigenvalue weighted by Gasteiger charge is 2.36. The van der Waals surface area contributed by atoms with Crippen LogP contribution in [0.25, 0.3) is 6.08 Å². The first-order valence-electron chi connectivity index (χ1n) is 6.74. The van der Waals surface area contributed by atoms with Crippen LogP contribution in [0.4, 0.5) is 0 Å². The Kier molecular flexibility index (Phi) is 5.41. The van der Waals surface area contributed by atoms with E-state index in [4.69, 9.17) is 5.11 Å². The molecular formula is C16H19NO4. The van der Waals surface area contributed by atoms with Crippen LogP contribution in [0, 0.1) is 0 Å². The molecule has 0 radical (unpaired) electrons. The van der Waals surface area contributed by atoms with E-state index in [2.05, 4.69) is 4.99 Å². The van der Waals surface area contributed by atoms with Gasteiger partial charge in [-0.25, -0.2) is 0 Å². The molecular weight excluding hydrogens is 270 g/mol. The molecule has 1 unspecified atom stereocenters. The molecule has 0 amide bonds. The van der Waals surface area contributed by atoms with Crippen molar-refractivity contribution < 1.29 is 20.4 Å². The van der Waals surface area contributed by atoms with Crippen molar-refractivity contribution in [3.63, 3.8) is 0 Å². The molecule has 0 aromatic heterocycles. The smallest absolute Gasteiger partial charge is 0.112 e. The first-order valence-corrected chi connectivity index (χ1v) is 6.74. The van der Waals surface area contributed by atoms with Gasteiger partial charge in [0.2, 0.25) is 0 Å². The molecule has 0 aliphatic heterocycles. The minimum atomic E-state index is -1.35. The third-order valence-electron chi connectivity index (χ3n) is 3.40. The Morgan fingerprint density at radius 3 is 2.43 bits per heavy atom. The van der Waals surface area contributed by atoms with E-state index in [1.54, 1.807) is 6.08 Å². The van der Waals surface area contributed by atoms with E-state index in [0.717, 1.165) is 5.56 Å². The van der Waals surface area contributed by atoms with Crippen LogP contribution in [0.5, 0.6) is 0 Å². The minimum Gasteiger partial charge on any atom is -0.392 e. The Hall–Kier alpha value is -1.79. The molecule has 5 heteroatoms. The number of benzene rings is 1. The Morgan fingerprint density at radius 2 is 1.76 bits per heavy atom. The Morgan fingerprint density at radius 1 is 1.05 bits per heavy atom. The fourth-order valence-electron chi connectivity index (χ4n) is 2.17. The quantitative estimate of drug-likeness (QED) is 0.469. The van der Waals surface area contributed by atoms with Crippen LogP contribution in [0.15, 0.2) is 53.0 Å². The van der Waals surface area contributed by atoms with Crippen molar-refractivity contribution in [3.05, 3.63) is 53.6 Å². The van der Waals surface area contributed by atoms with Gasteiger partial charge in [0.25, 0.3) is 0 Å². The van der Waals surface area contributed by atoms with E-state index < -0.39 is 24.4 Å². The third kappa shape index (κ3) is 3.86. The zero-order valence-electron chi connectivity index (χ0n) is 11.4. The lowest BCUT2D eigenvalue weighted by Crippen LogP contribution is -2.48. The molecule has 0 spiro atoms. The van der Waals surface area contributed by atoms with Gasteiger partial charge in [-0.2, -0.15) is 0 Å². The van der Waals surface area contributed by atoms with E-state index in [0.29, 0.717) is 0 Å². The predicted molar refractivity (Wildman–Crippen MR) is 80.9 cm³/mol. The summed E-state index contributed by atoms with van der Waals surface area (Å²) in [5.74, 6) is 0. The lowest BCUT2D eigenvalue weighted by molar-refractivity contribution is -0.0592. The zero-order chi connectivity index (χ0) is 15.2. The SMILES string of the molecule is OCC1=C[C@H](N=CC=Cc2ccccc2)[C@H](O)C(O)[C@@H]1O. The summed E-state index contributed by atoms with van der Waals surface area (Å²) >= 11 is 0. The lowest BCUT2D eigenvalue weighted by atomic mass is 9.88. The first-order chi connectivity index (χ1) is 10.1. The number of aliphatic hydroxyl groups is 4. The molecule has 4 atom stereocenters. The van der Waals surface area contributed by atoms with E-state index in [1.165, 1.54) is 12.3 Å². The minimum absolute atomic E-state index is 0.266. The summed E-state index contributed by atoms with van der Waals surface area (Å²) in [5.41, 5.74) is 1.29. The fraction of sp³-hybridized carbons (Fsp3) is 0.312. The molecule has 0 saturated carbocycles. The van der Waals surface area contributed by atoms with Gasteiger partial charge in [-0.15, -0.1) is 0 Å². The topological polar surface area (TPSA) is 93.3 Å². The van der Waals surface area contributed by atoms with E-state index in [1.807, 2.05) is 36.4 Å². The van der Waals surface area contributed by atoms with Gasteiger partial charge >= 0.3 is 0 Å². The molecule has 0 heterocycles. The first kappa shape index (κ1) is 15.6. The molecule has 0 fully saturated rings. The van der Waals surface area contributed by atoms with Crippen molar-refractivity contribution in [2.45, 2.75) is 24.4 Å². The molecule has 1 aliphatic carbocycles. The van der Waals surface area contributed by atoms with Gasteiger partial charge in [-0.1, -0.05) is 42.5 Å². The predicted octanol–water partition coefficient (Wildman–Crippen LogP) is 0.154. The van der Waals surface area contributed by atoms with Gasteiger partial charge in [-0.05, 0) is 17.2 Å². The van der Waals surface area contributed by atoms with Gasteiger partial charge in [0.15, 0.2) is 0 Å². The number of allylic oxidation sites excluding steroid dienone is 1. The molecule has 0 bridgehead atoms. The number of aliphatic hydroxyl groups excluding tert-OH is 4. The van der Waals surface area contributed by atoms with Crippen molar-refractivity contribution >= 4 is 12.3 Å². The summed E-state index contributed by atoms with van der Waals surface area (Å²) in [5, 5.41) is 38.3. The number of aliphatic imine (C=N–C) groups is 1. The van der Waals surface area contributed by atoms with Crippen LogP contribution >= 0.6 is 0 Å². The van der Waals surface area contributed by atoms with Gasteiger partial charge in [0, 0.05) is 6.21 Å². The number of nitrogens with zero attached hydrogens (tertiary/aromatic N) is 1. The normalized spacial score (nSPS) is 30.0. The molecule has 0 saturated heterocycles. The third-order valence-corrected chi connectivity index (χ3v) is 3.40. The molecule has 4 N–H and O–H groups in total. The van der Waals surface area contributed by atoms with Crippen LogP contribution in [0.2, 0.25) is 0 Å². The number of hydrogen-bond acceptors (Lipinski definition) is 5. The number of rotatable bonds is 4. The Balaban J connectivity index is 2.06. The monoisotopic (exact) mass is 289 g/mol. The van der Waals surface area contributed by atoms with Gasteiger partial charge in [0.1, 0.15) is 18.3 Å².